The van der Waals surface area contributed by atoms with E-state index in [1.54, 1.807) is 0 Å². The Morgan fingerprint density at radius 3 is 2.35 bits per heavy atom. The van der Waals surface area contributed by atoms with Crippen molar-refractivity contribution in [3.8, 4) is 0 Å². The second kappa shape index (κ2) is 14.0. The van der Waals surface area contributed by atoms with E-state index in [-0.39, 0.29) is 11.8 Å². The molecule has 0 bridgehead atoms. The number of carbonyl (C=O) groups is 2. The lowest BCUT2D eigenvalue weighted by atomic mass is 10.0. The van der Waals surface area contributed by atoms with E-state index in [1.807, 2.05) is 53.4 Å². The first kappa shape index (κ1) is 31.6. The molecule has 0 atom stereocenters. The molecule has 2 amide bonds. The third-order valence-corrected chi connectivity index (χ3v) is 10.2. The summed E-state index contributed by atoms with van der Waals surface area (Å²) in [6.45, 7) is 14.4. The van der Waals surface area contributed by atoms with Crippen LogP contribution in [-0.4, -0.2) is 56.0 Å². The lowest BCUT2D eigenvalue weighted by Crippen LogP contribution is -2.48. The minimum Gasteiger partial charge on any atom is -0.369 e. The van der Waals surface area contributed by atoms with E-state index in [0.29, 0.717) is 23.6 Å². The Labute approximate surface area is 277 Å². The number of fused-ring (bicyclic) bond motifs is 1. The molecule has 0 saturated carbocycles. The average molecular weight is 631 g/mol. The van der Waals surface area contributed by atoms with Crippen LogP contribution in [0.2, 0.25) is 0 Å². The number of thioether (sulfide) groups is 1. The predicted octanol–water partition coefficient (Wildman–Crippen LogP) is 7.15. The summed E-state index contributed by atoms with van der Waals surface area (Å²) in [5.74, 6) is -0.0914. The molecule has 1 fully saturated rings. The molecule has 7 heteroatoms. The summed E-state index contributed by atoms with van der Waals surface area (Å²) in [5.41, 5.74) is 9.95. The molecule has 2 heterocycles. The quantitative estimate of drug-likeness (QED) is 0.210. The number of carbonyl (C=O) groups excluding carboxylic acids is 2. The molecule has 4 aromatic rings. The molecule has 0 spiro atoms. The fraction of sp³-hybridized carbons (Fsp3) is 0.282. The number of para-hydroxylation sites is 1. The van der Waals surface area contributed by atoms with Gasteiger partial charge >= 0.3 is 0 Å². The first-order valence-electron chi connectivity index (χ1n) is 16.0. The molecule has 0 aliphatic carbocycles. The maximum atomic E-state index is 13.8. The SMILES string of the molecule is Cc1ccc(C)c(CN2C(=O)/C(=C/c3ccc(C(=O)NCCN4CCN(c5cccc(C)c5C)CC4)cc3)Sc3ccccc32)c1. The van der Waals surface area contributed by atoms with E-state index in [2.05, 4.69) is 85.3 Å². The van der Waals surface area contributed by atoms with E-state index in [4.69, 9.17) is 0 Å². The number of nitrogens with zero attached hydrogens (tertiary/aromatic N) is 3. The Kier molecular flexibility index (Phi) is 9.61. The van der Waals surface area contributed by atoms with Gasteiger partial charge in [-0.1, -0.05) is 71.9 Å². The van der Waals surface area contributed by atoms with Gasteiger partial charge in [0.25, 0.3) is 11.8 Å². The summed E-state index contributed by atoms with van der Waals surface area (Å²) in [4.78, 5) is 35.2. The average Bonchev–Trinajstić information content (AvgIpc) is 3.06. The molecular formula is C39H42N4O2S. The summed E-state index contributed by atoms with van der Waals surface area (Å²) in [7, 11) is 0. The van der Waals surface area contributed by atoms with Gasteiger partial charge in [0, 0.05) is 55.4 Å². The van der Waals surface area contributed by atoms with Crippen molar-refractivity contribution in [1.82, 2.24) is 10.2 Å². The molecule has 0 radical (unpaired) electrons. The maximum Gasteiger partial charge on any atom is 0.265 e. The minimum atomic E-state index is -0.0787. The Morgan fingerprint density at radius 1 is 0.826 bits per heavy atom. The third-order valence-electron chi connectivity index (χ3n) is 9.14. The molecule has 1 N–H and O–H groups in total. The van der Waals surface area contributed by atoms with Gasteiger partial charge in [-0.05, 0) is 91.9 Å². The van der Waals surface area contributed by atoms with E-state index < -0.39 is 0 Å². The van der Waals surface area contributed by atoms with E-state index in [9.17, 15) is 9.59 Å². The van der Waals surface area contributed by atoms with Crippen LogP contribution >= 0.6 is 11.8 Å². The van der Waals surface area contributed by atoms with Crippen LogP contribution in [0.5, 0.6) is 0 Å². The van der Waals surface area contributed by atoms with Crippen molar-refractivity contribution in [2.24, 2.45) is 0 Å². The predicted molar refractivity (Wildman–Crippen MR) is 191 cm³/mol. The van der Waals surface area contributed by atoms with E-state index >= 15 is 0 Å². The van der Waals surface area contributed by atoms with Gasteiger partial charge in [-0.15, -0.1) is 0 Å². The highest BCUT2D eigenvalue weighted by molar-refractivity contribution is 8.04. The highest BCUT2D eigenvalue weighted by Gasteiger charge is 2.29. The summed E-state index contributed by atoms with van der Waals surface area (Å²) >= 11 is 1.50. The first-order valence-corrected chi connectivity index (χ1v) is 16.9. The van der Waals surface area contributed by atoms with Crippen molar-refractivity contribution >= 4 is 41.0 Å². The Bertz CT molecular complexity index is 1770. The van der Waals surface area contributed by atoms with Crippen molar-refractivity contribution in [3.05, 3.63) is 129 Å². The van der Waals surface area contributed by atoms with Crippen LogP contribution in [0, 0.1) is 27.7 Å². The Balaban J connectivity index is 1.05. The van der Waals surface area contributed by atoms with Crippen molar-refractivity contribution in [3.63, 3.8) is 0 Å². The Morgan fingerprint density at radius 2 is 1.57 bits per heavy atom. The molecule has 0 unspecified atom stereocenters. The Hall–Kier alpha value is -4.33. The van der Waals surface area contributed by atoms with Crippen molar-refractivity contribution in [1.29, 1.82) is 0 Å². The number of rotatable bonds is 8. The lowest BCUT2D eigenvalue weighted by Gasteiger charge is -2.37. The number of aryl methyl sites for hydroxylation is 3. The zero-order valence-corrected chi connectivity index (χ0v) is 28.0. The lowest BCUT2D eigenvalue weighted by molar-refractivity contribution is -0.114. The number of amides is 2. The van der Waals surface area contributed by atoms with Crippen LogP contribution in [-0.2, 0) is 11.3 Å². The van der Waals surface area contributed by atoms with Gasteiger partial charge in [0.1, 0.15) is 0 Å². The van der Waals surface area contributed by atoms with Crippen LogP contribution in [0.25, 0.3) is 6.08 Å². The zero-order chi connectivity index (χ0) is 32.2. The van der Waals surface area contributed by atoms with Crippen molar-refractivity contribution < 1.29 is 9.59 Å². The standard InChI is InChI=1S/C39H42N4O2S/c1-27-12-13-29(3)33(24-27)26-43-35-9-5-6-11-36(35)46-37(39(43)45)25-31-14-16-32(17-15-31)38(44)40-18-19-41-20-22-42(23-21-41)34-10-7-8-28(2)30(34)4/h5-17,24-25H,18-23,26H2,1-4H3,(H,40,44)/b37-25-. The monoisotopic (exact) mass is 630 g/mol. The molecule has 2 aliphatic rings. The topological polar surface area (TPSA) is 55.9 Å². The highest BCUT2D eigenvalue weighted by Crippen LogP contribution is 2.42. The van der Waals surface area contributed by atoms with Gasteiger partial charge in [-0.2, -0.15) is 0 Å². The van der Waals surface area contributed by atoms with Crippen LogP contribution in [0.15, 0.2) is 94.7 Å². The van der Waals surface area contributed by atoms with Gasteiger partial charge in [0.2, 0.25) is 0 Å². The minimum absolute atomic E-state index is 0.0127. The van der Waals surface area contributed by atoms with Crippen LogP contribution < -0.4 is 15.1 Å². The molecule has 0 aromatic heterocycles. The largest absolute Gasteiger partial charge is 0.369 e. The first-order chi connectivity index (χ1) is 22.3. The van der Waals surface area contributed by atoms with E-state index in [1.165, 1.54) is 39.7 Å². The number of piperazine rings is 1. The van der Waals surface area contributed by atoms with Gasteiger partial charge in [0.15, 0.2) is 0 Å². The van der Waals surface area contributed by atoms with E-state index in [0.717, 1.165) is 54.4 Å². The zero-order valence-electron chi connectivity index (χ0n) is 27.2. The molecule has 6 nitrogen and oxygen atoms in total. The van der Waals surface area contributed by atoms with Gasteiger partial charge < -0.3 is 15.1 Å². The van der Waals surface area contributed by atoms with Crippen molar-refractivity contribution in [2.75, 3.05) is 49.1 Å². The molecule has 4 aromatic carbocycles. The normalized spacial score (nSPS) is 16.1. The number of nitrogens with one attached hydrogen (secondary N) is 1. The summed E-state index contributed by atoms with van der Waals surface area (Å²) in [6, 6.07) is 28.5. The summed E-state index contributed by atoms with van der Waals surface area (Å²) < 4.78 is 0. The second-order valence-corrected chi connectivity index (χ2v) is 13.4. The summed E-state index contributed by atoms with van der Waals surface area (Å²) in [5, 5.41) is 3.09. The number of benzene rings is 4. The number of hydrogen-bond donors (Lipinski definition) is 1. The highest BCUT2D eigenvalue weighted by atomic mass is 32.2. The second-order valence-electron chi connectivity index (χ2n) is 12.3. The van der Waals surface area contributed by atoms with Gasteiger partial charge in [-0.3, -0.25) is 14.5 Å². The number of anilines is 2. The fourth-order valence-electron chi connectivity index (χ4n) is 6.16. The molecular weight excluding hydrogens is 589 g/mol. The van der Waals surface area contributed by atoms with Crippen LogP contribution in [0.3, 0.4) is 0 Å². The molecule has 2 aliphatic heterocycles. The van der Waals surface area contributed by atoms with Gasteiger partial charge in [-0.25, -0.2) is 0 Å². The third kappa shape index (κ3) is 7.06. The number of hydrogen-bond acceptors (Lipinski definition) is 5. The smallest absolute Gasteiger partial charge is 0.265 e. The van der Waals surface area contributed by atoms with Crippen LogP contribution in [0.1, 0.15) is 43.7 Å². The molecule has 1 saturated heterocycles. The molecule has 6 rings (SSSR count). The fourth-order valence-corrected chi connectivity index (χ4v) is 7.22. The molecule has 46 heavy (non-hydrogen) atoms. The maximum absolute atomic E-state index is 13.8. The van der Waals surface area contributed by atoms with Crippen LogP contribution in [0.4, 0.5) is 11.4 Å². The molecule has 236 valence electrons. The summed E-state index contributed by atoms with van der Waals surface area (Å²) in [6.07, 6.45) is 1.93. The van der Waals surface area contributed by atoms with Gasteiger partial charge in [0.05, 0.1) is 17.1 Å². The van der Waals surface area contributed by atoms with Crippen molar-refractivity contribution in [2.45, 2.75) is 39.1 Å².